The monoisotopic (exact) mass is 274 g/mol. The molecule has 0 aromatic carbocycles. The van der Waals surface area contributed by atoms with Crippen LogP contribution in [-0.2, 0) is 6.42 Å². The maximum Gasteiger partial charge on any atom is 0.331 e. The second-order valence-electron chi connectivity index (χ2n) is 4.43. The Morgan fingerprint density at radius 1 is 1.25 bits per heavy atom. The van der Waals surface area contributed by atoms with Gasteiger partial charge >= 0.3 is 6.03 Å². The summed E-state index contributed by atoms with van der Waals surface area (Å²) in [6.45, 7) is 2.10. The maximum atomic E-state index is 11.0. The first-order valence-electron chi connectivity index (χ1n) is 6.46. The van der Waals surface area contributed by atoms with Crippen LogP contribution in [0.3, 0.4) is 0 Å². The van der Waals surface area contributed by atoms with Crippen molar-refractivity contribution in [2.24, 2.45) is 5.73 Å². The fraction of sp³-hybridized carbons (Fsp3) is 0.462. The van der Waals surface area contributed by atoms with E-state index in [1.807, 2.05) is 12.1 Å². The van der Waals surface area contributed by atoms with Crippen LogP contribution in [0, 0.1) is 22.7 Å². The minimum atomic E-state index is -0.796. The fourth-order valence-electron chi connectivity index (χ4n) is 2.07. The average Bonchev–Trinajstić information content (AvgIpc) is 2.66. The number of nitrogens with two attached hydrogens (primary N) is 2. The summed E-state index contributed by atoms with van der Waals surface area (Å²) in [5.74, 6) is 0.0355. The average molecular weight is 274 g/mol. The van der Waals surface area contributed by atoms with Crippen molar-refractivity contribution in [2.75, 3.05) is 11.2 Å². The molecule has 5 N–H and O–H groups in total. The van der Waals surface area contributed by atoms with Gasteiger partial charge in [-0.3, -0.25) is 0 Å². The molecule has 106 valence electrons. The number of rotatable bonds is 6. The van der Waals surface area contributed by atoms with Gasteiger partial charge in [0.25, 0.3) is 0 Å². The fourth-order valence-corrected chi connectivity index (χ4v) is 2.07. The molecule has 0 saturated heterocycles. The van der Waals surface area contributed by atoms with Crippen molar-refractivity contribution < 1.29 is 4.79 Å². The number of hydrogen-bond acceptors (Lipinski definition) is 4. The molecule has 0 aliphatic heterocycles. The van der Waals surface area contributed by atoms with Crippen molar-refractivity contribution in [1.29, 1.82) is 10.5 Å². The molecule has 0 fully saturated rings. The number of aromatic nitrogens is 1. The topological polar surface area (TPSA) is 134 Å². The number of hydrogen-bond donors (Lipinski definition) is 3. The smallest absolute Gasteiger partial charge is 0.331 e. The molecule has 2 amide bonds. The minimum absolute atomic E-state index is 0.0355. The van der Waals surface area contributed by atoms with Crippen LogP contribution in [0.5, 0.6) is 0 Å². The lowest BCUT2D eigenvalue weighted by Crippen LogP contribution is -2.30. The molecule has 0 saturated carbocycles. The Bertz CT molecular complexity index is 575. The van der Waals surface area contributed by atoms with E-state index in [0.29, 0.717) is 12.1 Å². The van der Waals surface area contributed by atoms with Gasteiger partial charge in [-0.1, -0.05) is 26.2 Å². The standard InChI is InChI=1S/C13H18N6O/c1-2-3-4-5-6-11-9(7-14)10(8-15)12(16)19(11)18-13(17)20/h2-6,16H2,1H3,(H3,17,18,20). The predicted octanol–water partition coefficient (Wildman–Crippen LogP) is 1.56. The second kappa shape index (κ2) is 7.05. The van der Waals surface area contributed by atoms with E-state index in [1.54, 1.807) is 0 Å². The Labute approximate surface area is 117 Å². The van der Waals surface area contributed by atoms with Crippen molar-refractivity contribution in [3.63, 3.8) is 0 Å². The van der Waals surface area contributed by atoms with Gasteiger partial charge in [0.2, 0.25) is 0 Å². The summed E-state index contributed by atoms with van der Waals surface area (Å²) in [5.41, 5.74) is 14.0. The Morgan fingerprint density at radius 2 is 1.90 bits per heavy atom. The van der Waals surface area contributed by atoms with Crippen LogP contribution < -0.4 is 16.9 Å². The number of urea groups is 1. The van der Waals surface area contributed by atoms with E-state index >= 15 is 0 Å². The minimum Gasteiger partial charge on any atom is -0.383 e. The van der Waals surface area contributed by atoms with Crippen LogP contribution in [0.2, 0.25) is 0 Å². The molecular weight excluding hydrogens is 256 g/mol. The summed E-state index contributed by atoms with van der Waals surface area (Å²) in [4.78, 5) is 11.0. The zero-order valence-corrected chi connectivity index (χ0v) is 11.4. The Balaban J connectivity index is 3.14. The third-order valence-electron chi connectivity index (χ3n) is 3.02. The van der Waals surface area contributed by atoms with Crippen LogP contribution in [0.4, 0.5) is 10.6 Å². The van der Waals surface area contributed by atoms with E-state index in [2.05, 4.69) is 12.3 Å². The van der Waals surface area contributed by atoms with E-state index in [1.165, 1.54) is 4.68 Å². The molecule has 0 aliphatic carbocycles. The molecule has 0 bridgehead atoms. The van der Waals surface area contributed by atoms with Gasteiger partial charge in [0.05, 0.1) is 11.3 Å². The predicted molar refractivity (Wildman–Crippen MR) is 75.1 cm³/mol. The molecule has 0 atom stereocenters. The Kier molecular flexibility index (Phi) is 5.42. The molecule has 1 rings (SSSR count). The summed E-state index contributed by atoms with van der Waals surface area (Å²) in [6, 6.07) is 3.07. The summed E-state index contributed by atoms with van der Waals surface area (Å²) >= 11 is 0. The highest BCUT2D eigenvalue weighted by atomic mass is 16.2. The third kappa shape index (κ3) is 3.21. The largest absolute Gasteiger partial charge is 0.383 e. The number of nitrogen functional groups attached to an aromatic ring is 1. The van der Waals surface area contributed by atoms with Gasteiger partial charge in [-0.2, -0.15) is 10.5 Å². The number of amides is 2. The molecule has 0 radical (unpaired) electrons. The van der Waals surface area contributed by atoms with Crippen LogP contribution in [0.25, 0.3) is 0 Å². The number of primary amides is 1. The maximum absolute atomic E-state index is 11.0. The zero-order valence-electron chi connectivity index (χ0n) is 11.4. The molecule has 7 heteroatoms. The summed E-state index contributed by atoms with van der Waals surface area (Å²) in [7, 11) is 0. The normalized spacial score (nSPS) is 9.75. The molecule has 1 aromatic heterocycles. The van der Waals surface area contributed by atoms with Crippen molar-refractivity contribution >= 4 is 11.8 Å². The third-order valence-corrected chi connectivity index (χ3v) is 3.02. The lowest BCUT2D eigenvalue weighted by atomic mass is 10.1. The number of nitrogens with zero attached hydrogens (tertiary/aromatic N) is 3. The van der Waals surface area contributed by atoms with Gasteiger partial charge in [0.1, 0.15) is 23.5 Å². The highest BCUT2D eigenvalue weighted by Crippen LogP contribution is 2.24. The highest BCUT2D eigenvalue weighted by Gasteiger charge is 2.21. The molecule has 7 nitrogen and oxygen atoms in total. The van der Waals surface area contributed by atoms with Gasteiger partial charge in [-0.25, -0.2) is 14.9 Å². The molecule has 0 spiro atoms. The number of anilines is 1. The van der Waals surface area contributed by atoms with Gasteiger partial charge in [-0.15, -0.1) is 0 Å². The number of carbonyl (C=O) groups excluding carboxylic acids is 1. The number of carbonyl (C=O) groups is 1. The molecule has 0 unspecified atom stereocenters. The zero-order chi connectivity index (χ0) is 15.1. The van der Waals surface area contributed by atoms with Crippen LogP contribution in [0.1, 0.15) is 49.4 Å². The first-order chi connectivity index (χ1) is 9.56. The molecule has 1 aromatic rings. The summed E-state index contributed by atoms with van der Waals surface area (Å²) < 4.78 is 1.24. The first kappa shape index (κ1) is 15.4. The van der Waals surface area contributed by atoms with Gasteiger partial charge < -0.3 is 11.5 Å². The molecule has 0 aliphatic rings. The SMILES string of the molecule is CCCCCCc1c(C#N)c(C#N)c(N)n1NC(N)=O. The van der Waals surface area contributed by atoms with Crippen molar-refractivity contribution in [3.05, 3.63) is 16.8 Å². The van der Waals surface area contributed by atoms with E-state index in [0.717, 1.165) is 25.7 Å². The second-order valence-corrected chi connectivity index (χ2v) is 4.43. The number of nitriles is 2. The quantitative estimate of drug-likeness (QED) is 0.678. The van der Waals surface area contributed by atoms with E-state index in [4.69, 9.17) is 16.7 Å². The van der Waals surface area contributed by atoms with E-state index in [-0.39, 0.29) is 16.9 Å². The van der Waals surface area contributed by atoms with Gasteiger partial charge in [-0.05, 0) is 12.8 Å². The summed E-state index contributed by atoms with van der Waals surface area (Å²) in [5, 5.41) is 18.3. The Hall–Kier alpha value is -2.67. The molecular formula is C13H18N6O. The van der Waals surface area contributed by atoms with Gasteiger partial charge in [0, 0.05) is 0 Å². The van der Waals surface area contributed by atoms with E-state index in [9.17, 15) is 10.1 Å². The Morgan fingerprint density at radius 3 is 2.40 bits per heavy atom. The van der Waals surface area contributed by atoms with Crippen molar-refractivity contribution in [1.82, 2.24) is 4.68 Å². The van der Waals surface area contributed by atoms with Crippen LogP contribution in [0.15, 0.2) is 0 Å². The van der Waals surface area contributed by atoms with E-state index < -0.39 is 6.03 Å². The lowest BCUT2D eigenvalue weighted by molar-refractivity contribution is 0.257. The van der Waals surface area contributed by atoms with Crippen LogP contribution >= 0.6 is 0 Å². The molecule has 1 heterocycles. The highest BCUT2D eigenvalue weighted by molar-refractivity contribution is 5.81. The van der Waals surface area contributed by atoms with Crippen LogP contribution in [-0.4, -0.2) is 10.7 Å². The lowest BCUT2D eigenvalue weighted by Gasteiger charge is -2.10. The first-order valence-corrected chi connectivity index (χ1v) is 6.46. The number of nitrogens with one attached hydrogen (secondary N) is 1. The number of unbranched alkanes of at least 4 members (excludes halogenated alkanes) is 3. The summed E-state index contributed by atoms with van der Waals surface area (Å²) in [6.07, 6.45) is 4.58. The van der Waals surface area contributed by atoms with Crippen molar-refractivity contribution in [3.8, 4) is 12.1 Å². The molecule has 20 heavy (non-hydrogen) atoms. The van der Waals surface area contributed by atoms with Crippen molar-refractivity contribution in [2.45, 2.75) is 39.0 Å². The van der Waals surface area contributed by atoms with Gasteiger partial charge in [0.15, 0.2) is 0 Å².